The lowest BCUT2D eigenvalue weighted by Crippen LogP contribution is -2.41. The minimum atomic E-state index is -0.139. The number of hydrogen-bond acceptors (Lipinski definition) is 7. The molecule has 1 rings (SSSR count). The number of ether oxygens (including phenoxy) is 2. The highest BCUT2D eigenvalue weighted by Gasteiger charge is 2.19. The lowest BCUT2D eigenvalue weighted by atomic mass is 10.0. The van der Waals surface area contributed by atoms with Crippen LogP contribution in [0, 0.1) is 0 Å². The zero-order valence-corrected chi connectivity index (χ0v) is 38.0. The zero-order chi connectivity index (χ0) is 40.7. The van der Waals surface area contributed by atoms with Crippen LogP contribution < -0.4 is 0 Å². The van der Waals surface area contributed by atoms with Gasteiger partial charge in [0.2, 0.25) is 0 Å². The first-order chi connectivity index (χ1) is 27.4. The maximum absolute atomic E-state index is 12.9. The molecular formula is C49H96N2O5. The predicted octanol–water partition coefficient (Wildman–Crippen LogP) is 13.1. The standard InChI is InChI=1S/C49H96N2O5/c1-5-9-13-17-19-25-33-46(31-23-15-11-7-3)55-48(53)35-27-21-29-39-50(43-44-51-41-37-45(52)38-42-51)40-30-22-28-36-49(54)56-47(32-24-16-12-8-4)34-26-20-18-14-10-6-2/h45-47,52H,5-44H2,1-4H3. The van der Waals surface area contributed by atoms with Crippen LogP contribution in [0.15, 0.2) is 0 Å². The molecule has 1 aliphatic rings. The van der Waals surface area contributed by atoms with E-state index in [0.717, 1.165) is 116 Å². The zero-order valence-electron chi connectivity index (χ0n) is 38.0. The number of rotatable bonds is 41. The van der Waals surface area contributed by atoms with E-state index in [1.165, 1.54) is 128 Å². The Morgan fingerprint density at radius 3 is 1.23 bits per heavy atom. The maximum Gasteiger partial charge on any atom is 0.306 e. The van der Waals surface area contributed by atoms with Crippen LogP contribution >= 0.6 is 0 Å². The fourth-order valence-electron chi connectivity index (χ4n) is 8.24. The van der Waals surface area contributed by atoms with E-state index in [1.807, 2.05) is 0 Å². The Balaban J connectivity index is 2.48. The van der Waals surface area contributed by atoms with E-state index in [0.29, 0.717) is 12.8 Å². The number of piperidine rings is 1. The number of likely N-dealkylation sites (tertiary alicyclic amines) is 1. The van der Waals surface area contributed by atoms with Gasteiger partial charge in [-0.2, -0.15) is 0 Å². The Bertz CT molecular complexity index is 807. The van der Waals surface area contributed by atoms with Crippen LogP contribution in [0.4, 0.5) is 0 Å². The molecule has 0 aliphatic carbocycles. The van der Waals surface area contributed by atoms with Gasteiger partial charge in [-0.1, -0.05) is 143 Å². The van der Waals surface area contributed by atoms with E-state index in [1.54, 1.807) is 0 Å². The predicted molar refractivity (Wildman–Crippen MR) is 238 cm³/mol. The van der Waals surface area contributed by atoms with Gasteiger partial charge in [-0.3, -0.25) is 9.59 Å². The van der Waals surface area contributed by atoms with Crippen molar-refractivity contribution in [1.82, 2.24) is 9.80 Å². The first kappa shape index (κ1) is 52.8. The van der Waals surface area contributed by atoms with Gasteiger partial charge in [0.1, 0.15) is 12.2 Å². The van der Waals surface area contributed by atoms with Crippen LogP contribution in [0.2, 0.25) is 0 Å². The van der Waals surface area contributed by atoms with Crippen LogP contribution in [0.25, 0.3) is 0 Å². The summed E-state index contributed by atoms with van der Waals surface area (Å²) in [5.74, 6) is 0.00809. The summed E-state index contributed by atoms with van der Waals surface area (Å²) >= 11 is 0. The molecular weight excluding hydrogens is 697 g/mol. The molecule has 1 aliphatic heterocycles. The molecule has 1 N–H and O–H groups in total. The summed E-state index contributed by atoms with van der Waals surface area (Å²) < 4.78 is 12.1. The van der Waals surface area contributed by atoms with Gasteiger partial charge in [-0.05, 0) is 103 Å². The molecule has 0 radical (unpaired) electrons. The van der Waals surface area contributed by atoms with E-state index in [2.05, 4.69) is 37.5 Å². The van der Waals surface area contributed by atoms with Crippen molar-refractivity contribution in [1.29, 1.82) is 0 Å². The van der Waals surface area contributed by atoms with Crippen molar-refractivity contribution in [3.8, 4) is 0 Å². The number of carbonyl (C=O) groups excluding carboxylic acids is 2. The number of nitrogens with zero attached hydrogens (tertiary/aromatic N) is 2. The summed E-state index contributed by atoms with van der Waals surface area (Å²) in [6.07, 6.45) is 38.2. The molecule has 7 nitrogen and oxygen atoms in total. The van der Waals surface area contributed by atoms with Gasteiger partial charge in [0.25, 0.3) is 0 Å². The maximum atomic E-state index is 12.9. The SMILES string of the molecule is CCCCCCCCC(CCCCCC)OC(=O)CCCCCN(CCCCCC(=O)OC(CCCCCC)CCCCCCCC)CCN1CCC(O)CC1. The van der Waals surface area contributed by atoms with Gasteiger partial charge >= 0.3 is 11.9 Å². The fraction of sp³-hybridized carbons (Fsp3) is 0.959. The van der Waals surface area contributed by atoms with Gasteiger partial charge in [-0.25, -0.2) is 0 Å². The Labute approximate surface area is 348 Å². The molecule has 0 aromatic rings. The molecule has 0 bridgehead atoms. The quantitative estimate of drug-likeness (QED) is 0.0488. The first-order valence-corrected chi connectivity index (χ1v) is 24.9. The van der Waals surface area contributed by atoms with Gasteiger partial charge in [0.05, 0.1) is 6.10 Å². The molecule has 0 spiro atoms. The lowest BCUT2D eigenvalue weighted by molar-refractivity contribution is -0.151. The third-order valence-corrected chi connectivity index (χ3v) is 12.1. The fourth-order valence-corrected chi connectivity index (χ4v) is 8.24. The second-order valence-electron chi connectivity index (χ2n) is 17.6. The van der Waals surface area contributed by atoms with Crippen LogP contribution in [0.1, 0.15) is 246 Å². The summed E-state index contributed by atoms with van der Waals surface area (Å²) in [5, 5.41) is 9.97. The monoisotopic (exact) mass is 793 g/mol. The molecule has 332 valence electrons. The molecule has 0 aromatic carbocycles. The van der Waals surface area contributed by atoms with E-state index >= 15 is 0 Å². The minimum Gasteiger partial charge on any atom is -0.462 e. The van der Waals surface area contributed by atoms with E-state index < -0.39 is 0 Å². The van der Waals surface area contributed by atoms with Gasteiger partial charge < -0.3 is 24.4 Å². The summed E-state index contributed by atoms with van der Waals surface area (Å²) in [4.78, 5) is 30.9. The number of unbranched alkanes of at least 4 members (excludes halogenated alkanes) is 20. The normalized spacial score (nSPS) is 15.0. The van der Waals surface area contributed by atoms with Gasteiger partial charge in [0, 0.05) is 39.0 Å². The molecule has 1 fully saturated rings. The Hall–Kier alpha value is -1.18. The molecule has 0 amide bonds. The van der Waals surface area contributed by atoms with Crippen molar-refractivity contribution in [2.75, 3.05) is 39.3 Å². The first-order valence-electron chi connectivity index (χ1n) is 24.9. The van der Waals surface area contributed by atoms with Crippen molar-refractivity contribution in [3.63, 3.8) is 0 Å². The molecule has 2 atom stereocenters. The third-order valence-electron chi connectivity index (χ3n) is 12.1. The van der Waals surface area contributed by atoms with E-state index in [-0.39, 0.29) is 30.3 Å². The van der Waals surface area contributed by atoms with Crippen molar-refractivity contribution in [2.24, 2.45) is 0 Å². The van der Waals surface area contributed by atoms with Gasteiger partial charge in [0.15, 0.2) is 0 Å². The molecule has 56 heavy (non-hydrogen) atoms. The summed E-state index contributed by atoms with van der Waals surface area (Å²) in [5.41, 5.74) is 0. The smallest absolute Gasteiger partial charge is 0.306 e. The van der Waals surface area contributed by atoms with Crippen molar-refractivity contribution >= 4 is 11.9 Å². The average Bonchev–Trinajstić information content (AvgIpc) is 3.19. The minimum absolute atomic E-state index is 0.00404. The second kappa shape index (κ2) is 39.3. The average molecular weight is 793 g/mol. The molecule has 0 saturated carbocycles. The van der Waals surface area contributed by atoms with Crippen LogP contribution in [0.5, 0.6) is 0 Å². The van der Waals surface area contributed by atoms with Crippen molar-refractivity contribution in [2.45, 2.75) is 264 Å². The van der Waals surface area contributed by atoms with E-state index in [4.69, 9.17) is 9.47 Å². The Kier molecular flexibility index (Phi) is 37.1. The number of aliphatic hydroxyl groups excluding tert-OH is 1. The molecule has 1 saturated heterocycles. The third kappa shape index (κ3) is 32.7. The van der Waals surface area contributed by atoms with Gasteiger partial charge in [-0.15, -0.1) is 0 Å². The van der Waals surface area contributed by atoms with E-state index in [9.17, 15) is 14.7 Å². The molecule has 2 unspecified atom stereocenters. The summed E-state index contributed by atoms with van der Waals surface area (Å²) in [6, 6.07) is 0. The number of hydrogen-bond donors (Lipinski definition) is 1. The van der Waals surface area contributed by atoms with Crippen LogP contribution in [-0.4, -0.2) is 84.4 Å². The highest BCUT2D eigenvalue weighted by atomic mass is 16.5. The second-order valence-corrected chi connectivity index (χ2v) is 17.6. The number of carbonyl (C=O) groups is 2. The Morgan fingerprint density at radius 1 is 0.500 bits per heavy atom. The number of esters is 2. The highest BCUT2D eigenvalue weighted by Crippen LogP contribution is 2.20. The molecule has 1 heterocycles. The largest absolute Gasteiger partial charge is 0.462 e. The summed E-state index contributed by atoms with van der Waals surface area (Å²) in [7, 11) is 0. The van der Waals surface area contributed by atoms with Crippen LogP contribution in [-0.2, 0) is 19.1 Å². The highest BCUT2D eigenvalue weighted by molar-refractivity contribution is 5.69. The topological polar surface area (TPSA) is 79.3 Å². The van der Waals surface area contributed by atoms with Crippen molar-refractivity contribution in [3.05, 3.63) is 0 Å². The summed E-state index contributed by atoms with van der Waals surface area (Å²) in [6.45, 7) is 15.2. The Morgan fingerprint density at radius 2 is 0.839 bits per heavy atom. The molecule has 7 heteroatoms. The van der Waals surface area contributed by atoms with Crippen LogP contribution in [0.3, 0.4) is 0 Å². The number of aliphatic hydroxyl groups is 1. The van der Waals surface area contributed by atoms with Crippen molar-refractivity contribution < 1.29 is 24.2 Å². The lowest BCUT2D eigenvalue weighted by Gasteiger charge is -2.32. The molecule has 0 aromatic heterocycles.